The standard InChI is InChI=1S/C17H16N6O3/c24-15-11(7-19-17(26)22-15)8-23-5-3-13-12(9-23)16(25)21-14(20-13)10-2-1-4-18-6-10/h1-2,4,6-7H,3,5,8-9H2,(H,20,21,25)(H2,19,22,24,26). The maximum absolute atomic E-state index is 12.5. The van der Waals surface area contributed by atoms with Crippen molar-refractivity contribution in [3.05, 3.63) is 78.7 Å². The zero-order valence-corrected chi connectivity index (χ0v) is 13.8. The Morgan fingerprint density at radius 3 is 2.81 bits per heavy atom. The third-order valence-electron chi connectivity index (χ3n) is 4.37. The largest absolute Gasteiger partial charge is 0.325 e. The van der Waals surface area contributed by atoms with Crippen molar-refractivity contribution in [1.82, 2.24) is 29.8 Å². The van der Waals surface area contributed by atoms with Gasteiger partial charge in [0.05, 0.1) is 11.3 Å². The molecule has 0 amide bonds. The molecule has 9 nitrogen and oxygen atoms in total. The van der Waals surface area contributed by atoms with Gasteiger partial charge in [-0.05, 0) is 12.1 Å². The molecule has 9 heteroatoms. The van der Waals surface area contributed by atoms with Crippen LogP contribution in [0.1, 0.15) is 16.8 Å². The van der Waals surface area contributed by atoms with Crippen LogP contribution in [0.3, 0.4) is 0 Å². The van der Waals surface area contributed by atoms with E-state index in [2.05, 4.69) is 24.9 Å². The van der Waals surface area contributed by atoms with Gasteiger partial charge in [0.1, 0.15) is 5.82 Å². The van der Waals surface area contributed by atoms with Gasteiger partial charge in [0.25, 0.3) is 11.1 Å². The molecule has 3 aromatic rings. The topological polar surface area (TPSA) is 128 Å². The number of aromatic nitrogens is 5. The van der Waals surface area contributed by atoms with Crippen molar-refractivity contribution in [1.29, 1.82) is 0 Å². The lowest BCUT2D eigenvalue weighted by Gasteiger charge is -2.27. The van der Waals surface area contributed by atoms with Crippen LogP contribution in [-0.2, 0) is 19.5 Å². The summed E-state index contributed by atoms with van der Waals surface area (Å²) in [6.45, 7) is 1.40. The molecule has 1 aliphatic rings. The Morgan fingerprint density at radius 2 is 2.04 bits per heavy atom. The Morgan fingerprint density at radius 1 is 1.15 bits per heavy atom. The van der Waals surface area contributed by atoms with E-state index in [0.29, 0.717) is 43.0 Å². The zero-order valence-electron chi connectivity index (χ0n) is 13.8. The normalized spacial score (nSPS) is 14.2. The van der Waals surface area contributed by atoms with Gasteiger partial charge in [-0.15, -0.1) is 0 Å². The van der Waals surface area contributed by atoms with Crippen LogP contribution in [-0.4, -0.2) is 36.4 Å². The number of hydrogen-bond acceptors (Lipinski definition) is 6. The fourth-order valence-electron chi connectivity index (χ4n) is 3.05. The summed E-state index contributed by atoms with van der Waals surface area (Å²) in [5.74, 6) is 0.507. The minimum absolute atomic E-state index is 0.186. The summed E-state index contributed by atoms with van der Waals surface area (Å²) in [6.07, 6.45) is 5.33. The third-order valence-corrected chi connectivity index (χ3v) is 4.37. The predicted molar refractivity (Wildman–Crippen MR) is 93.6 cm³/mol. The van der Waals surface area contributed by atoms with Crippen LogP contribution in [0, 0.1) is 0 Å². The lowest BCUT2D eigenvalue weighted by Crippen LogP contribution is -2.37. The predicted octanol–water partition coefficient (Wildman–Crippen LogP) is -0.233. The molecule has 4 rings (SSSR count). The number of nitrogens with one attached hydrogen (secondary N) is 3. The molecule has 0 spiro atoms. The van der Waals surface area contributed by atoms with Crippen molar-refractivity contribution in [2.24, 2.45) is 0 Å². The quantitative estimate of drug-likeness (QED) is 0.597. The summed E-state index contributed by atoms with van der Waals surface area (Å²) in [5.41, 5.74) is 1.43. The second-order valence-electron chi connectivity index (χ2n) is 6.14. The minimum Gasteiger partial charge on any atom is -0.314 e. The Labute approximate surface area is 146 Å². The van der Waals surface area contributed by atoms with E-state index in [4.69, 9.17) is 0 Å². The van der Waals surface area contributed by atoms with Crippen molar-refractivity contribution in [2.45, 2.75) is 19.5 Å². The van der Waals surface area contributed by atoms with Crippen LogP contribution >= 0.6 is 0 Å². The number of aromatic amines is 3. The molecule has 3 aromatic heterocycles. The monoisotopic (exact) mass is 352 g/mol. The van der Waals surface area contributed by atoms with E-state index < -0.39 is 11.2 Å². The van der Waals surface area contributed by atoms with Gasteiger partial charge < -0.3 is 9.97 Å². The molecule has 3 N–H and O–H groups in total. The van der Waals surface area contributed by atoms with E-state index in [1.807, 2.05) is 11.0 Å². The summed E-state index contributed by atoms with van der Waals surface area (Å²) in [6, 6.07) is 3.63. The second-order valence-corrected chi connectivity index (χ2v) is 6.14. The van der Waals surface area contributed by atoms with E-state index in [-0.39, 0.29) is 5.56 Å². The van der Waals surface area contributed by atoms with Crippen molar-refractivity contribution in [2.75, 3.05) is 6.54 Å². The number of pyridine rings is 1. The van der Waals surface area contributed by atoms with Gasteiger partial charge in [0.15, 0.2) is 0 Å². The molecular formula is C17H16N6O3. The molecule has 0 radical (unpaired) electrons. The zero-order chi connectivity index (χ0) is 18.1. The van der Waals surface area contributed by atoms with Gasteiger partial charge in [-0.25, -0.2) is 9.78 Å². The van der Waals surface area contributed by atoms with Crippen LogP contribution in [0.25, 0.3) is 11.4 Å². The highest BCUT2D eigenvalue weighted by atomic mass is 16.2. The first kappa shape index (κ1) is 16.2. The van der Waals surface area contributed by atoms with Gasteiger partial charge in [0, 0.05) is 55.8 Å². The summed E-state index contributed by atoms with van der Waals surface area (Å²) in [7, 11) is 0. The molecule has 132 valence electrons. The lowest BCUT2D eigenvalue weighted by molar-refractivity contribution is 0.240. The third kappa shape index (κ3) is 3.11. The van der Waals surface area contributed by atoms with Crippen molar-refractivity contribution >= 4 is 0 Å². The minimum atomic E-state index is -0.536. The number of H-pyrrole nitrogens is 3. The maximum Gasteiger partial charge on any atom is 0.325 e. The average molecular weight is 352 g/mol. The van der Waals surface area contributed by atoms with Gasteiger partial charge in [-0.1, -0.05) is 0 Å². The molecule has 0 saturated carbocycles. The van der Waals surface area contributed by atoms with Crippen molar-refractivity contribution < 1.29 is 0 Å². The molecule has 0 aliphatic carbocycles. The van der Waals surface area contributed by atoms with Crippen LogP contribution in [0.2, 0.25) is 0 Å². The van der Waals surface area contributed by atoms with Crippen LogP contribution < -0.4 is 16.8 Å². The van der Waals surface area contributed by atoms with Gasteiger partial charge in [0.2, 0.25) is 0 Å². The highest BCUT2D eigenvalue weighted by molar-refractivity contribution is 5.53. The maximum atomic E-state index is 12.5. The molecule has 0 saturated heterocycles. The molecule has 0 atom stereocenters. The Hall–Kier alpha value is -3.33. The van der Waals surface area contributed by atoms with E-state index in [0.717, 1.165) is 11.3 Å². The first-order valence-electron chi connectivity index (χ1n) is 8.16. The number of nitrogens with zero attached hydrogens (tertiary/aromatic N) is 3. The second kappa shape index (κ2) is 6.52. The van der Waals surface area contributed by atoms with Crippen LogP contribution in [0.5, 0.6) is 0 Å². The highest BCUT2D eigenvalue weighted by Crippen LogP contribution is 2.18. The number of fused-ring (bicyclic) bond motifs is 1. The van der Waals surface area contributed by atoms with Crippen LogP contribution in [0.15, 0.2) is 45.1 Å². The molecule has 0 unspecified atom stereocenters. The SMILES string of the molecule is O=c1[nH]cc(CN2CCc3nc(-c4cccnc4)[nH]c(=O)c3C2)c(=O)[nH]1. The van der Waals surface area contributed by atoms with E-state index in [1.165, 1.54) is 6.20 Å². The number of hydrogen-bond donors (Lipinski definition) is 3. The lowest BCUT2D eigenvalue weighted by atomic mass is 10.1. The molecule has 26 heavy (non-hydrogen) atoms. The highest BCUT2D eigenvalue weighted by Gasteiger charge is 2.22. The fraction of sp³-hybridized carbons (Fsp3) is 0.235. The number of rotatable bonds is 3. The molecule has 4 heterocycles. The van der Waals surface area contributed by atoms with E-state index >= 15 is 0 Å². The molecule has 0 aromatic carbocycles. The summed E-state index contributed by atoms with van der Waals surface area (Å²) in [5, 5.41) is 0. The first-order valence-corrected chi connectivity index (χ1v) is 8.16. The van der Waals surface area contributed by atoms with Crippen molar-refractivity contribution in [3.63, 3.8) is 0 Å². The molecule has 0 bridgehead atoms. The summed E-state index contributed by atoms with van der Waals surface area (Å²) >= 11 is 0. The smallest absolute Gasteiger partial charge is 0.314 e. The molecule has 0 fully saturated rings. The Balaban J connectivity index is 1.60. The Kier molecular flexibility index (Phi) is 4.05. The summed E-state index contributed by atoms with van der Waals surface area (Å²) in [4.78, 5) is 53.5. The fourth-order valence-corrected chi connectivity index (χ4v) is 3.05. The summed E-state index contributed by atoms with van der Waals surface area (Å²) < 4.78 is 0. The average Bonchev–Trinajstić information content (AvgIpc) is 2.65. The van der Waals surface area contributed by atoms with Gasteiger partial charge >= 0.3 is 5.69 Å². The first-order chi connectivity index (χ1) is 12.6. The van der Waals surface area contributed by atoms with Crippen LogP contribution in [0.4, 0.5) is 0 Å². The van der Waals surface area contributed by atoms with E-state index in [1.54, 1.807) is 18.5 Å². The molecule has 1 aliphatic heterocycles. The van der Waals surface area contributed by atoms with E-state index in [9.17, 15) is 14.4 Å². The Bertz CT molecular complexity index is 1120. The molecular weight excluding hydrogens is 336 g/mol. The van der Waals surface area contributed by atoms with Gasteiger partial charge in [-0.3, -0.25) is 24.5 Å². The van der Waals surface area contributed by atoms with Crippen molar-refractivity contribution in [3.8, 4) is 11.4 Å². The van der Waals surface area contributed by atoms with Gasteiger partial charge in [-0.2, -0.15) is 0 Å².